The lowest BCUT2D eigenvalue weighted by atomic mass is 10.0. The van der Waals surface area contributed by atoms with Gasteiger partial charge in [-0.3, -0.25) is 9.48 Å². The number of rotatable bonds is 8. The summed E-state index contributed by atoms with van der Waals surface area (Å²) < 4.78 is 2.04. The zero-order chi connectivity index (χ0) is 13.5. The predicted molar refractivity (Wildman–Crippen MR) is 74.6 cm³/mol. The Morgan fingerprint density at radius 1 is 1.33 bits per heavy atom. The molecule has 0 radical (unpaired) electrons. The first-order valence-electron chi connectivity index (χ1n) is 7.12. The van der Waals surface area contributed by atoms with Crippen LogP contribution in [0.5, 0.6) is 0 Å². The fourth-order valence-electron chi connectivity index (χ4n) is 2.20. The summed E-state index contributed by atoms with van der Waals surface area (Å²) in [7, 11) is 0. The smallest absolute Gasteiger partial charge is 0.133 e. The Bertz CT molecular complexity index is 364. The molecule has 0 N–H and O–H groups in total. The van der Waals surface area contributed by atoms with Crippen LogP contribution in [0.25, 0.3) is 0 Å². The maximum Gasteiger partial charge on any atom is 0.133 e. The molecule has 0 fully saturated rings. The second kappa shape index (κ2) is 7.34. The highest BCUT2D eigenvalue weighted by atomic mass is 16.1. The molecule has 102 valence electrons. The van der Waals surface area contributed by atoms with E-state index in [-0.39, 0.29) is 0 Å². The molecule has 0 aliphatic carbocycles. The molecule has 1 aromatic heterocycles. The highest BCUT2D eigenvalue weighted by Crippen LogP contribution is 2.15. The van der Waals surface area contributed by atoms with Gasteiger partial charge in [-0.15, -0.1) is 0 Å². The van der Waals surface area contributed by atoms with Crippen molar-refractivity contribution in [2.24, 2.45) is 5.92 Å². The van der Waals surface area contributed by atoms with Crippen LogP contribution >= 0.6 is 0 Å². The summed E-state index contributed by atoms with van der Waals surface area (Å²) in [4.78, 5) is 11.6. The van der Waals surface area contributed by atoms with Gasteiger partial charge in [-0.1, -0.05) is 27.7 Å². The first-order valence-corrected chi connectivity index (χ1v) is 7.12. The average Bonchev–Trinajstić information content (AvgIpc) is 2.76. The summed E-state index contributed by atoms with van der Waals surface area (Å²) >= 11 is 0. The van der Waals surface area contributed by atoms with E-state index in [1.807, 2.05) is 16.9 Å². The molecule has 0 aliphatic heterocycles. The first-order chi connectivity index (χ1) is 8.56. The minimum absolute atomic E-state index is 0.349. The first kappa shape index (κ1) is 14.9. The number of Topliss-reactive ketones (excluding diaryl/α,β-unsaturated/α-hetero) is 1. The van der Waals surface area contributed by atoms with E-state index in [2.05, 4.69) is 32.8 Å². The van der Waals surface area contributed by atoms with Gasteiger partial charge in [-0.2, -0.15) is 5.10 Å². The normalized spacial score (nSPS) is 11.4. The van der Waals surface area contributed by atoms with Gasteiger partial charge in [0.05, 0.1) is 11.7 Å². The van der Waals surface area contributed by atoms with Crippen LogP contribution in [0.1, 0.15) is 65.1 Å². The number of carbonyl (C=O) groups excluding carboxylic acids is 1. The van der Waals surface area contributed by atoms with Crippen LogP contribution in [-0.2, 0) is 11.2 Å². The molecular weight excluding hydrogens is 224 g/mol. The van der Waals surface area contributed by atoms with Gasteiger partial charge in [-0.05, 0) is 31.2 Å². The van der Waals surface area contributed by atoms with E-state index < -0.39 is 0 Å². The fourth-order valence-corrected chi connectivity index (χ4v) is 2.20. The van der Waals surface area contributed by atoms with Crippen LogP contribution in [0.15, 0.2) is 12.3 Å². The SMILES string of the molecule is CCC(CC)n1ccc(CCC(=O)CC(C)C)n1. The van der Waals surface area contributed by atoms with Gasteiger partial charge in [0.1, 0.15) is 5.78 Å². The van der Waals surface area contributed by atoms with Crippen molar-refractivity contribution in [3.63, 3.8) is 0 Å². The van der Waals surface area contributed by atoms with Gasteiger partial charge in [0.25, 0.3) is 0 Å². The van der Waals surface area contributed by atoms with Crippen LogP contribution in [0.4, 0.5) is 0 Å². The molecule has 0 saturated heterocycles. The van der Waals surface area contributed by atoms with E-state index in [0.717, 1.165) is 25.0 Å². The third-order valence-electron chi connectivity index (χ3n) is 3.28. The monoisotopic (exact) mass is 250 g/mol. The Balaban J connectivity index is 2.46. The predicted octanol–water partition coefficient (Wildman–Crippen LogP) is 3.79. The van der Waals surface area contributed by atoms with E-state index in [4.69, 9.17) is 0 Å². The van der Waals surface area contributed by atoms with Crippen molar-refractivity contribution in [3.05, 3.63) is 18.0 Å². The Morgan fingerprint density at radius 2 is 2.00 bits per heavy atom. The lowest BCUT2D eigenvalue weighted by molar-refractivity contribution is -0.119. The highest BCUT2D eigenvalue weighted by molar-refractivity contribution is 5.78. The van der Waals surface area contributed by atoms with Gasteiger partial charge in [0.15, 0.2) is 0 Å². The van der Waals surface area contributed by atoms with Crippen molar-refractivity contribution in [1.29, 1.82) is 0 Å². The molecule has 18 heavy (non-hydrogen) atoms. The molecule has 0 amide bonds. The number of carbonyl (C=O) groups is 1. The summed E-state index contributed by atoms with van der Waals surface area (Å²) in [6.45, 7) is 8.53. The Labute approximate surface area is 111 Å². The van der Waals surface area contributed by atoms with Crippen molar-refractivity contribution in [1.82, 2.24) is 9.78 Å². The van der Waals surface area contributed by atoms with Crippen molar-refractivity contribution in [2.45, 2.75) is 65.8 Å². The molecule has 0 aliphatic rings. The van der Waals surface area contributed by atoms with E-state index in [0.29, 0.717) is 30.6 Å². The third kappa shape index (κ3) is 4.63. The number of aromatic nitrogens is 2. The van der Waals surface area contributed by atoms with E-state index in [1.54, 1.807) is 0 Å². The zero-order valence-corrected chi connectivity index (χ0v) is 12.1. The minimum Gasteiger partial charge on any atom is -0.300 e. The van der Waals surface area contributed by atoms with Crippen LogP contribution in [0, 0.1) is 5.92 Å². The lowest BCUT2D eigenvalue weighted by Gasteiger charge is -2.12. The summed E-state index contributed by atoms with van der Waals surface area (Å²) in [6.07, 6.45) is 6.33. The minimum atomic E-state index is 0.349. The average molecular weight is 250 g/mol. The standard InChI is InChI=1S/C15H26N2O/c1-5-14(6-2)17-10-9-13(16-17)7-8-15(18)11-12(3)4/h9-10,12,14H,5-8,11H2,1-4H3. The lowest BCUT2D eigenvalue weighted by Crippen LogP contribution is -2.08. The van der Waals surface area contributed by atoms with Crippen LogP contribution in [-0.4, -0.2) is 15.6 Å². The summed E-state index contributed by atoms with van der Waals surface area (Å²) in [6, 6.07) is 2.53. The van der Waals surface area contributed by atoms with Crippen LogP contribution in [0.3, 0.4) is 0 Å². The molecule has 1 aromatic rings. The Hall–Kier alpha value is -1.12. The maximum absolute atomic E-state index is 11.6. The topological polar surface area (TPSA) is 34.9 Å². The quantitative estimate of drug-likeness (QED) is 0.703. The maximum atomic E-state index is 11.6. The second-order valence-corrected chi connectivity index (χ2v) is 5.39. The van der Waals surface area contributed by atoms with Gasteiger partial charge >= 0.3 is 0 Å². The molecule has 0 bridgehead atoms. The molecular formula is C15H26N2O. The van der Waals surface area contributed by atoms with Crippen LogP contribution < -0.4 is 0 Å². The molecule has 1 heterocycles. The molecule has 1 rings (SSSR count). The van der Waals surface area contributed by atoms with E-state index in [9.17, 15) is 4.79 Å². The Kier molecular flexibility index (Phi) is 6.10. The molecule has 3 heteroatoms. The summed E-state index contributed by atoms with van der Waals surface area (Å²) in [5.74, 6) is 0.807. The second-order valence-electron chi connectivity index (χ2n) is 5.39. The third-order valence-corrected chi connectivity index (χ3v) is 3.28. The van der Waals surface area contributed by atoms with Gasteiger partial charge in [-0.25, -0.2) is 0 Å². The zero-order valence-electron chi connectivity index (χ0n) is 12.1. The molecule has 0 spiro atoms. The van der Waals surface area contributed by atoms with Crippen molar-refractivity contribution >= 4 is 5.78 Å². The number of hydrogen-bond donors (Lipinski definition) is 0. The fraction of sp³-hybridized carbons (Fsp3) is 0.733. The van der Waals surface area contributed by atoms with Crippen molar-refractivity contribution in [2.75, 3.05) is 0 Å². The van der Waals surface area contributed by atoms with Gasteiger partial charge in [0.2, 0.25) is 0 Å². The Morgan fingerprint density at radius 3 is 2.56 bits per heavy atom. The van der Waals surface area contributed by atoms with Crippen molar-refractivity contribution < 1.29 is 4.79 Å². The highest BCUT2D eigenvalue weighted by Gasteiger charge is 2.10. The van der Waals surface area contributed by atoms with E-state index >= 15 is 0 Å². The van der Waals surface area contributed by atoms with Crippen molar-refractivity contribution in [3.8, 4) is 0 Å². The molecule has 3 nitrogen and oxygen atoms in total. The number of hydrogen-bond acceptors (Lipinski definition) is 2. The van der Waals surface area contributed by atoms with Gasteiger partial charge in [0, 0.05) is 19.0 Å². The van der Waals surface area contributed by atoms with E-state index in [1.165, 1.54) is 0 Å². The summed E-state index contributed by atoms with van der Waals surface area (Å²) in [5, 5.41) is 4.57. The summed E-state index contributed by atoms with van der Waals surface area (Å²) in [5.41, 5.74) is 1.04. The molecule has 0 unspecified atom stereocenters. The molecule has 0 aromatic carbocycles. The van der Waals surface area contributed by atoms with Gasteiger partial charge < -0.3 is 0 Å². The van der Waals surface area contributed by atoms with Crippen LogP contribution in [0.2, 0.25) is 0 Å². The number of aryl methyl sites for hydroxylation is 1. The molecule has 0 atom stereocenters. The largest absolute Gasteiger partial charge is 0.300 e. The number of ketones is 1. The molecule has 0 saturated carbocycles. The number of nitrogens with zero attached hydrogens (tertiary/aromatic N) is 2.